The Morgan fingerprint density at radius 1 is 1.26 bits per heavy atom. The lowest BCUT2D eigenvalue weighted by atomic mass is 10.1. The first-order chi connectivity index (χ1) is 9.16. The molecule has 1 aromatic carbocycles. The van der Waals surface area contributed by atoms with E-state index in [1.54, 1.807) is 4.90 Å². The number of nitrogens with one attached hydrogen (secondary N) is 1. The van der Waals surface area contributed by atoms with Crippen molar-refractivity contribution >= 4 is 17.5 Å². The number of anilines is 1. The van der Waals surface area contributed by atoms with Crippen molar-refractivity contribution in [1.29, 1.82) is 0 Å². The Kier molecular flexibility index (Phi) is 4.52. The molecule has 1 saturated heterocycles. The highest BCUT2D eigenvalue weighted by molar-refractivity contribution is 5.91. The van der Waals surface area contributed by atoms with E-state index in [1.807, 2.05) is 24.3 Å². The van der Waals surface area contributed by atoms with Crippen LogP contribution in [0.15, 0.2) is 24.3 Å². The molecule has 0 unspecified atom stereocenters. The zero-order valence-corrected chi connectivity index (χ0v) is 11.0. The second-order valence-corrected chi connectivity index (χ2v) is 4.51. The van der Waals surface area contributed by atoms with Gasteiger partial charge in [0, 0.05) is 25.7 Å². The SMILES string of the molecule is CC(=O)Nc1ccccc1CC(=O)N1CCOCC1. The highest BCUT2D eigenvalue weighted by Crippen LogP contribution is 2.16. The maximum absolute atomic E-state index is 12.2. The van der Waals surface area contributed by atoms with Crippen LogP contribution in [0.1, 0.15) is 12.5 Å². The van der Waals surface area contributed by atoms with Gasteiger partial charge in [-0.05, 0) is 11.6 Å². The molecule has 0 spiro atoms. The normalized spacial score (nSPS) is 15.1. The minimum absolute atomic E-state index is 0.0705. The van der Waals surface area contributed by atoms with Gasteiger partial charge in [0.1, 0.15) is 0 Å². The van der Waals surface area contributed by atoms with Crippen LogP contribution in [-0.2, 0) is 20.7 Å². The van der Waals surface area contributed by atoms with Crippen LogP contribution in [0.2, 0.25) is 0 Å². The number of rotatable bonds is 3. The molecule has 1 fully saturated rings. The van der Waals surface area contributed by atoms with Crippen molar-refractivity contribution in [3.8, 4) is 0 Å². The van der Waals surface area contributed by atoms with E-state index in [4.69, 9.17) is 4.74 Å². The summed E-state index contributed by atoms with van der Waals surface area (Å²) in [7, 11) is 0. The number of benzene rings is 1. The standard InChI is InChI=1S/C14H18N2O3/c1-11(17)15-13-5-3-2-4-12(13)10-14(18)16-6-8-19-9-7-16/h2-5H,6-10H2,1H3,(H,15,17). The van der Waals surface area contributed by atoms with Gasteiger partial charge in [0.25, 0.3) is 0 Å². The summed E-state index contributed by atoms with van der Waals surface area (Å²) in [6.07, 6.45) is 0.302. The maximum Gasteiger partial charge on any atom is 0.227 e. The van der Waals surface area contributed by atoms with Crippen molar-refractivity contribution in [2.45, 2.75) is 13.3 Å². The Bertz CT molecular complexity index is 468. The third kappa shape index (κ3) is 3.79. The van der Waals surface area contributed by atoms with Crippen molar-refractivity contribution in [3.63, 3.8) is 0 Å². The van der Waals surface area contributed by atoms with Gasteiger partial charge in [-0.3, -0.25) is 9.59 Å². The first-order valence-corrected chi connectivity index (χ1v) is 6.38. The van der Waals surface area contributed by atoms with E-state index in [1.165, 1.54) is 6.92 Å². The van der Waals surface area contributed by atoms with Crippen LogP contribution in [0.3, 0.4) is 0 Å². The van der Waals surface area contributed by atoms with Crippen molar-refractivity contribution in [1.82, 2.24) is 4.90 Å². The van der Waals surface area contributed by atoms with Crippen LogP contribution in [-0.4, -0.2) is 43.0 Å². The molecule has 0 radical (unpaired) electrons. The molecule has 0 saturated carbocycles. The number of hydrogen-bond acceptors (Lipinski definition) is 3. The van der Waals surface area contributed by atoms with Crippen molar-refractivity contribution in [2.24, 2.45) is 0 Å². The van der Waals surface area contributed by atoms with Gasteiger partial charge in [0.15, 0.2) is 0 Å². The quantitative estimate of drug-likeness (QED) is 0.885. The van der Waals surface area contributed by atoms with E-state index in [2.05, 4.69) is 5.32 Å². The van der Waals surface area contributed by atoms with E-state index in [-0.39, 0.29) is 11.8 Å². The molecule has 1 aromatic rings. The van der Waals surface area contributed by atoms with Gasteiger partial charge in [0.05, 0.1) is 19.6 Å². The molecule has 5 heteroatoms. The van der Waals surface area contributed by atoms with Crippen LogP contribution < -0.4 is 5.32 Å². The Morgan fingerprint density at radius 2 is 1.95 bits per heavy atom. The minimum Gasteiger partial charge on any atom is -0.378 e. The molecule has 0 atom stereocenters. The third-order valence-corrected chi connectivity index (χ3v) is 3.03. The number of ether oxygens (including phenoxy) is 1. The highest BCUT2D eigenvalue weighted by Gasteiger charge is 2.18. The molecule has 1 aliphatic heterocycles. The summed E-state index contributed by atoms with van der Waals surface area (Å²) in [6.45, 7) is 3.93. The van der Waals surface area contributed by atoms with Crippen LogP contribution in [0.4, 0.5) is 5.69 Å². The van der Waals surface area contributed by atoms with E-state index >= 15 is 0 Å². The number of para-hydroxylation sites is 1. The van der Waals surface area contributed by atoms with Gasteiger partial charge >= 0.3 is 0 Å². The molecule has 1 aliphatic rings. The van der Waals surface area contributed by atoms with Gasteiger partial charge < -0.3 is 15.0 Å². The molecular weight excluding hydrogens is 244 g/mol. The zero-order chi connectivity index (χ0) is 13.7. The Hall–Kier alpha value is -1.88. The molecule has 2 rings (SSSR count). The fourth-order valence-corrected chi connectivity index (χ4v) is 2.07. The monoisotopic (exact) mass is 262 g/mol. The van der Waals surface area contributed by atoms with Crippen LogP contribution in [0.5, 0.6) is 0 Å². The zero-order valence-electron chi connectivity index (χ0n) is 11.0. The van der Waals surface area contributed by atoms with Gasteiger partial charge in [-0.25, -0.2) is 0 Å². The van der Waals surface area contributed by atoms with Crippen molar-refractivity contribution < 1.29 is 14.3 Å². The van der Waals surface area contributed by atoms with E-state index in [0.29, 0.717) is 38.4 Å². The predicted molar refractivity (Wildman–Crippen MR) is 71.8 cm³/mol. The lowest BCUT2D eigenvalue weighted by Gasteiger charge is -2.27. The number of carbonyl (C=O) groups excluding carboxylic acids is 2. The molecule has 2 amide bonds. The number of hydrogen-bond donors (Lipinski definition) is 1. The average Bonchev–Trinajstić information content (AvgIpc) is 2.41. The maximum atomic E-state index is 12.2. The smallest absolute Gasteiger partial charge is 0.227 e. The van der Waals surface area contributed by atoms with E-state index < -0.39 is 0 Å². The molecule has 1 heterocycles. The van der Waals surface area contributed by atoms with E-state index in [0.717, 1.165) is 5.56 Å². The summed E-state index contributed by atoms with van der Waals surface area (Å²) < 4.78 is 5.23. The van der Waals surface area contributed by atoms with Crippen molar-refractivity contribution in [2.75, 3.05) is 31.6 Å². The first-order valence-electron chi connectivity index (χ1n) is 6.38. The predicted octanol–water partition coefficient (Wildman–Crippen LogP) is 1.05. The van der Waals surface area contributed by atoms with Gasteiger partial charge in [-0.1, -0.05) is 18.2 Å². The summed E-state index contributed by atoms with van der Waals surface area (Å²) in [6, 6.07) is 7.38. The van der Waals surface area contributed by atoms with Crippen LogP contribution in [0.25, 0.3) is 0 Å². The number of amides is 2. The summed E-state index contributed by atoms with van der Waals surface area (Å²) >= 11 is 0. The third-order valence-electron chi connectivity index (χ3n) is 3.03. The summed E-state index contributed by atoms with van der Waals surface area (Å²) in [5.41, 5.74) is 1.55. The number of morpholine rings is 1. The Labute approximate surface area is 112 Å². The molecular formula is C14H18N2O3. The minimum atomic E-state index is -0.133. The topological polar surface area (TPSA) is 58.6 Å². The second-order valence-electron chi connectivity index (χ2n) is 4.51. The molecule has 0 bridgehead atoms. The summed E-state index contributed by atoms with van der Waals surface area (Å²) in [5.74, 6) is -0.0626. The fraction of sp³-hybridized carbons (Fsp3) is 0.429. The largest absolute Gasteiger partial charge is 0.378 e. The van der Waals surface area contributed by atoms with Crippen LogP contribution in [0, 0.1) is 0 Å². The second kappa shape index (κ2) is 6.33. The molecule has 19 heavy (non-hydrogen) atoms. The Balaban J connectivity index is 2.05. The van der Waals surface area contributed by atoms with Crippen LogP contribution >= 0.6 is 0 Å². The average molecular weight is 262 g/mol. The lowest BCUT2D eigenvalue weighted by molar-refractivity contribution is -0.134. The summed E-state index contributed by atoms with van der Waals surface area (Å²) in [4.78, 5) is 25.1. The molecule has 0 aromatic heterocycles. The first kappa shape index (κ1) is 13.5. The number of nitrogens with zero attached hydrogens (tertiary/aromatic N) is 1. The van der Waals surface area contributed by atoms with Crippen molar-refractivity contribution in [3.05, 3.63) is 29.8 Å². The molecule has 0 aliphatic carbocycles. The fourth-order valence-electron chi connectivity index (χ4n) is 2.07. The molecule has 1 N–H and O–H groups in total. The molecule has 102 valence electrons. The number of carbonyl (C=O) groups is 2. The van der Waals surface area contributed by atoms with Gasteiger partial charge in [-0.15, -0.1) is 0 Å². The van der Waals surface area contributed by atoms with Gasteiger partial charge in [-0.2, -0.15) is 0 Å². The molecule has 5 nitrogen and oxygen atoms in total. The van der Waals surface area contributed by atoms with E-state index in [9.17, 15) is 9.59 Å². The lowest BCUT2D eigenvalue weighted by Crippen LogP contribution is -2.41. The van der Waals surface area contributed by atoms with Gasteiger partial charge in [0.2, 0.25) is 11.8 Å². The Morgan fingerprint density at radius 3 is 2.63 bits per heavy atom. The summed E-state index contributed by atoms with van der Waals surface area (Å²) in [5, 5.41) is 2.75. The highest BCUT2D eigenvalue weighted by atomic mass is 16.5.